The van der Waals surface area contributed by atoms with Gasteiger partial charge < -0.3 is 9.80 Å². The predicted molar refractivity (Wildman–Crippen MR) is 134 cm³/mol. The summed E-state index contributed by atoms with van der Waals surface area (Å²) in [4.78, 5) is 22.1. The summed E-state index contributed by atoms with van der Waals surface area (Å²) in [5, 5.41) is 0.998. The van der Waals surface area contributed by atoms with Crippen LogP contribution in [-0.4, -0.2) is 67.8 Å². The fraction of sp³-hybridized carbons (Fsp3) is 0.417. The molecule has 0 bridgehead atoms. The summed E-state index contributed by atoms with van der Waals surface area (Å²) in [6.45, 7) is 10.5. The molecule has 0 unspecified atom stereocenters. The molecule has 0 saturated carbocycles. The van der Waals surface area contributed by atoms with E-state index in [4.69, 9.17) is 4.98 Å². The highest BCUT2D eigenvalue weighted by Gasteiger charge is 2.26. The summed E-state index contributed by atoms with van der Waals surface area (Å²) in [6, 6.07) is 10.3. The summed E-state index contributed by atoms with van der Waals surface area (Å²) in [5.74, 6) is -0.0770. The highest BCUT2D eigenvalue weighted by Crippen LogP contribution is 2.33. The van der Waals surface area contributed by atoms with E-state index >= 15 is 0 Å². The van der Waals surface area contributed by atoms with Crippen LogP contribution in [0.4, 0.5) is 5.13 Å². The molecule has 2 aromatic carbocycles. The van der Waals surface area contributed by atoms with Crippen molar-refractivity contribution >= 4 is 42.6 Å². The summed E-state index contributed by atoms with van der Waals surface area (Å²) in [7, 11) is -2.00. The maximum Gasteiger partial charge on any atom is 0.253 e. The van der Waals surface area contributed by atoms with Crippen molar-refractivity contribution in [3.8, 4) is 0 Å². The maximum atomic E-state index is 13.0. The molecule has 0 atom stereocenters. The van der Waals surface area contributed by atoms with Gasteiger partial charge in [-0.3, -0.25) is 4.79 Å². The Kier molecular flexibility index (Phi) is 6.48. The number of hydrogen-bond acceptors (Lipinski definition) is 6. The van der Waals surface area contributed by atoms with Gasteiger partial charge in [0.15, 0.2) is 5.13 Å². The summed E-state index contributed by atoms with van der Waals surface area (Å²) in [5.41, 5.74) is 3.97. The zero-order chi connectivity index (χ0) is 23.9. The van der Waals surface area contributed by atoms with E-state index in [9.17, 15) is 13.2 Å². The third kappa shape index (κ3) is 4.49. The normalized spacial score (nSPS) is 15.1. The smallest absolute Gasteiger partial charge is 0.253 e. The second-order valence-electron chi connectivity index (χ2n) is 8.79. The highest BCUT2D eigenvalue weighted by molar-refractivity contribution is 7.89. The molecule has 1 amide bonds. The van der Waals surface area contributed by atoms with E-state index in [1.54, 1.807) is 30.5 Å². The fourth-order valence-electron chi connectivity index (χ4n) is 3.88. The number of piperazine rings is 1. The number of benzene rings is 2. The number of sulfonamides is 1. The Bertz CT molecular complexity index is 1240. The number of aromatic nitrogens is 1. The Morgan fingerprint density at radius 2 is 1.61 bits per heavy atom. The molecule has 1 saturated heterocycles. The van der Waals surface area contributed by atoms with Crippen LogP contribution in [0.2, 0.25) is 0 Å². The lowest BCUT2D eigenvalue weighted by molar-refractivity contribution is 0.0746. The van der Waals surface area contributed by atoms with Crippen LogP contribution in [0.3, 0.4) is 0 Å². The zero-order valence-electron chi connectivity index (χ0n) is 19.7. The first kappa shape index (κ1) is 23.7. The minimum atomic E-state index is -3.56. The van der Waals surface area contributed by atoms with Crippen molar-refractivity contribution in [2.45, 2.75) is 38.6 Å². The van der Waals surface area contributed by atoms with Crippen LogP contribution in [0.1, 0.15) is 35.3 Å². The molecule has 7 nitrogen and oxygen atoms in total. The van der Waals surface area contributed by atoms with Crippen LogP contribution in [0.25, 0.3) is 10.2 Å². The van der Waals surface area contributed by atoms with Gasteiger partial charge >= 0.3 is 0 Å². The van der Waals surface area contributed by atoms with Gasteiger partial charge in [-0.15, -0.1) is 0 Å². The average molecular weight is 487 g/mol. The number of rotatable bonds is 5. The lowest BCUT2D eigenvalue weighted by Gasteiger charge is -2.34. The van der Waals surface area contributed by atoms with Gasteiger partial charge in [0.2, 0.25) is 10.0 Å². The first-order chi connectivity index (χ1) is 15.6. The topological polar surface area (TPSA) is 73.8 Å². The van der Waals surface area contributed by atoms with Gasteiger partial charge in [0.25, 0.3) is 5.91 Å². The standard InChI is InChI=1S/C24H30N4O3S2/c1-16(2)26(5)33(30,31)20-10-8-19(9-11-20)23(29)27-12-14-28(15-13-27)24-25-21-17(3)6-7-18(4)22(21)32-24/h6-11,16H,12-15H2,1-5H3. The fourth-order valence-corrected chi connectivity index (χ4v) is 6.41. The summed E-state index contributed by atoms with van der Waals surface area (Å²) in [6.07, 6.45) is 0. The number of amides is 1. The van der Waals surface area contributed by atoms with E-state index in [2.05, 4.69) is 30.9 Å². The van der Waals surface area contributed by atoms with E-state index in [1.807, 2.05) is 18.7 Å². The predicted octanol–water partition coefficient (Wildman–Crippen LogP) is 3.90. The number of hydrogen-bond donors (Lipinski definition) is 0. The zero-order valence-corrected chi connectivity index (χ0v) is 21.3. The van der Waals surface area contributed by atoms with Crippen molar-refractivity contribution in [2.75, 3.05) is 38.1 Å². The van der Waals surface area contributed by atoms with Crippen molar-refractivity contribution < 1.29 is 13.2 Å². The molecule has 0 radical (unpaired) electrons. The number of carbonyl (C=O) groups is 1. The van der Waals surface area contributed by atoms with Crippen molar-refractivity contribution in [2.24, 2.45) is 0 Å². The first-order valence-corrected chi connectivity index (χ1v) is 13.3. The summed E-state index contributed by atoms with van der Waals surface area (Å²) < 4.78 is 27.9. The lowest BCUT2D eigenvalue weighted by Crippen LogP contribution is -2.48. The Hall–Kier alpha value is -2.49. The molecule has 0 N–H and O–H groups in total. The molecule has 3 aromatic rings. The molecule has 2 heterocycles. The molecule has 33 heavy (non-hydrogen) atoms. The molecule has 1 aromatic heterocycles. The van der Waals surface area contributed by atoms with Crippen molar-refractivity contribution in [1.82, 2.24) is 14.2 Å². The molecule has 0 spiro atoms. The summed E-state index contributed by atoms with van der Waals surface area (Å²) >= 11 is 1.71. The molecular weight excluding hydrogens is 456 g/mol. The Morgan fingerprint density at radius 3 is 2.18 bits per heavy atom. The lowest BCUT2D eigenvalue weighted by atomic mass is 10.1. The molecular formula is C24H30N4O3S2. The number of aryl methyl sites for hydroxylation is 2. The average Bonchev–Trinajstić information content (AvgIpc) is 3.27. The monoisotopic (exact) mass is 486 g/mol. The second-order valence-corrected chi connectivity index (χ2v) is 11.8. The molecule has 4 rings (SSSR count). The van der Waals surface area contributed by atoms with Crippen LogP contribution in [0, 0.1) is 13.8 Å². The van der Waals surface area contributed by atoms with E-state index in [0.717, 1.165) is 23.7 Å². The van der Waals surface area contributed by atoms with Crippen molar-refractivity contribution in [3.63, 3.8) is 0 Å². The molecule has 1 aliphatic heterocycles. The molecule has 9 heteroatoms. The number of nitrogens with zero attached hydrogens (tertiary/aromatic N) is 4. The molecule has 1 aliphatic rings. The molecule has 0 aliphatic carbocycles. The van der Waals surface area contributed by atoms with Gasteiger partial charge in [-0.1, -0.05) is 23.5 Å². The Balaban J connectivity index is 1.44. The maximum absolute atomic E-state index is 13.0. The van der Waals surface area contributed by atoms with Crippen molar-refractivity contribution in [3.05, 3.63) is 53.1 Å². The number of carbonyl (C=O) groups excluding carboxylic acids is 1. The van der Waals surface area contributed by atoms with E-state index in [1.165, 1.54) is 32.3 Å². The van der Waals surface area contributed by atoms with Gasteiger partial charge in [0.1, 0.15) is 0 Å². The van der Waals surface area contributed by atoms with Gasteiger partial charge in [0, 0.05) is 44.8 Å². The number of thiazole rings is 1. The van der Waals surface area contributed by atoms with E-state index in [-0.39, 0.29) is 16.8 Å². The van der Waals surface area contributed by atoms with Crippen LogP contribution < -0.4 is 4.90 Å². The van der Waals surface area contributed by atoms with Crippen molar-refractivity contribution in [1.29, 1.82) is 0 Å². The highest BCUT2D eigenvalue weighted by atomic mass is 32.2. The number of fused-ring (bicyclic) bond motifs is 1. The number of anilines is 1. The quantitative estimate of drug-likeness (QED) is 0.547. The largest absolute Gasteiger partial charge is 0.345 e. The van der Waals surface area contributed by atoms with E-state index < -0.39 is 10.0 Å². The minimum absolute atomic E-state index is 0.0770. The van der Waals surface area contributed by atoms with Crippen LogP contribution in [-0.2, 0) is 10.0 Å². The Labute approximate surface area is 199 Å². The third-order valence-electron chi connectivity index (χ3n) is 6.27. The van der Waals surface area contributed by atoms with Crippen LogP contribution in [0.15, 0.2) is 41.3 Å². The third-order valence-corrected chi connectivity index (χ3v) is 9.57. The SMILES string of the molecule is Cc1ccc(C)c2sc(N3CCN(C(=O)c4ccc(S(=O)(=O)N(C)C(C)C)cc4)CC3)nc12. The van der Waals surface area contributed by atoms with Gasteiger partial charge in [-0.2, -0.15) is 4.31 Å². The second kappa shape index (κ2) is 9.04. The van der Waals surface area contributed by atoms with Gasteiger partial charge in [-0.25, -0.2) is 13.4 Å². The molecule has 1 fully saturated rings. The van der Waals surface area contributed by atoms with Gasteiger partial charge in [-0.05, 0) is 63.1 Å². The van der Waals surface area contributed by atoms with Crippen LogP contribution in [0.5, 0.6) is 0 Å². The first-order valence-electron chi connectivity index (χ1n) is 11.1. The van der Waals surface area contributed by atoms with Crippen LogP contribution >= 0.6 is 11.3 Å². The Morgan fingerprint density at radius 1 is 1.00 bits per heavy atom. The molecule has 176 valence electrons. The minimum Gasteiger partial charge on any atom is -0.345 e. The van der Waals surface area contributed by atoms with Gasteiger partial charge in [0.05, 0.1) is 15.1 Å². The van der Waals surface area contributed by atoms with E-state index in [0.29, 0.717) is 18.7 Å².